The van der Waals surface area contributed by atoms with Gasteiger partial charge in [-0.3, -0.25) is 9.69 Å². The molecule has 2 rings (SSSR count). The number of aliphatic hydroxyl groups excluding tert-OH is 1. The van der Waals surface area contributed by atoms with Crippen LogP contribution >= 0.6 is 0 Å². The third-order valence-corrected chi connectivity index (χ3v) is 4.27. The summed E-state index contributed by atoms with van der Waals surface area (Å²) in [5.74, 6) is 0.0371. The standard InChI is InChI=1S/C18H28N2O2/c1-15(21)13-20(17-10-6-3-7-11-17)14-18(22)19-12-16-8-4-2-5-9-16/h2,4-5,8-9,15,17,21H,3,6-7,10-14H2,1H3,(H,19,22). The first-order chi connectivity index (χ1) is 10.6. The Balaban J connectivity index is 1.84. The van der Waals surface area contributed by atoms with Crippen LogP contribution in [0.25, 0.3) is 0 Å². The molecule has 0 heterocycles. The van der Waals surface area contributed by atoms with Crippen molar-refractivity contribution in [3.63, 3.8) is 0 Å². The highest BCUT2D eigenvalue weighted by Crippen LogP contribution is 2.22. The Morgan fingerprint density at radius 1 is 1.27 bits per heavy atom. The average molecular weight is 304 g/mol. The van der Waals surface area contributed by atoms with Crippen LogP contribution < -0.4 is 5.32 Å². The normalized spacial score (nSPS) is 17.4. The third kappa shape index (κ3) is 5.78. The van der Waals surface area contributed by atoms with E-state index in [9.17, 15) is 9.90 Å². The summed E-state index contributed by atoms with van der Waals surface area (Å²) in [5, 5.41) is 12.7. The molecule has 122 valence electrons. The van der Waals surface area contributed by atoms with Crippen molar-refractivity contribution in [2.24, 2.45) is 0 Å². The van der Waals surface area contributed by atoms with Gasteiger partial charge in [0.2, 0.25) is 5.91 Å². The van der Waals surface area contributed by atoms with Crippen LogP contribution in [0.5, 0.6) is 0 Å². The molecule has 1 fully saturated rings. The first-order valence-electron chi connectivity index (χ1n) is 8.38. The van der Waals surface area contributed by atoms with E-state index in [1.807, 2.05) is 30.3 Å². The summed E-state index contributed by atoms with van der Waals surface area (Å²) >= 11 is 0. The molecule has 1 saturated carbocycles. The number of nitrogens with zero attached hydrogens (tertiary/aromatic N) is 1. The number of nitrogens with one attached hydrogen (secondary N) is 1. The maximum Gasteiger partial charge on any atom is 0.234 e. The number of amides is 1. The Morgan fingerprint density at radius 3 is 2.59 bits per heavy atom. The highest BCUT2D eigenvalue weighted by Gasteiger charge is 2.23. The van der Waals surface area contributed by atoms with Crippen LogP contribution in [-0.2, 0) is 11.3 Å². The van der Waals surface area contributed by atoms with Crippen LogP contribution in [0.1, 0.15) is 44.6 Å². The second-order valence-electron chi connectivity index (χ2n) is 6.33. The van der Waals surface area contributed by atoms with Crippen LogP contribution in [0.2, 0.25) is 0 Å². The molecule has 4 nitrogen and oxygen atoms in total. The van der Waals surface area contributed by atoms with E-state index in [0.717, 1.165) is 18.4 Å². The summed E-state index contributed by atoms with van der Waals surface area (Å²) < 4.78 is 0. The van der Waals surface area contributed by atoms with Crippen LogP contribution in [0.15, 0.2) is 30.3 Å². The molecular formula is C18H28N2O2. The van der Waals surface area contributed by atoms with Crippen LogP contribution in [-0.4, -0.2) is 41.1 Å². The van der Waals surface area contributed by atoms with E-state index in [-0.39, 0.29) is 5.91 Å². The molecule has 4 heteroatoms. The van der Waals surface area contributed by atoms with Crippen LogP contribution in [0.4, 0.5) is 0 Å². The van der Waals surface area contributed by atoms with Gasteiger partial charge >= 0.3 is 0 Å². The smallest absolute Gasteiger partial charge is 0.234 e. The van der Waals surface area contributed by atoms with Crippen molar-refractivity contribution in [2.75, 3.05) is 13.1 Å². The minimum Gasteiger partial charge on any atom is -0.392 e. The minimum absolute atomic E-state index is 0.0371. The van der Waals surface area contributed by atoms with Gasteiger partial charge in [-0.1, -0.05) is 49.6 Å². The third-order valence-electron chi connectivity index (χ3n) is 4.27. The number of hydrogen-bond acceptors (Lipinski definition) is 3. The van der Waals surface area contributed by atoms with Gasteiger partial charge in [0.15, 0.2) is 0 Å². The van der Waals surface area contributed by atoms with E-state index in [0.29, 0.717) is 25.7 Å². The van der Waals surface area contributed by atoms with Gasteiger partial charge in [-0.2, -0.15) is 0 Å². The maximum atomic E-state index is 12.2. The Morgan fingerprint density at radius 2 is 1.95 bits per heavy atom. The van der Waals surface area contributed by atoms with Crippen LogP contribution in [0.3, 0.4) is 0 Å². The lowest BCUT2D eigenvalue weighted by Gasteiger charge is -2.34. The van der Waals surface area contributed by atoms with Crippen molar-refractivity contribution in [2.45, 2.75) is 57.7 Å². The molecular weight excluding hydrogens is 276 g/mol. The first-order valence-corrected chi connectivity index (χ1v) is 8.38. The van der Waals surface area contributed by atoms with Gasteiger partial charge in [0, 0.05) is 19.1 Å². The van der Waals surface area contributed by atoms with E-state index in [2.05, 4.69) is 10.2 Å². The molecule has 0 radical (unpaired) electrons. The zero-order valence-electron chi connectivity index (χ0n) is 13.5. The van der Waals surface area contributed by atoms with Crippen molar-refractivity contribution in [1.29, 1.82) is 0 Å². The van der Waals surface area contributed by atoms with Gasteiger partial charge in [-0.05, 0) is 25.3 Å². The molecule has 1 aliphatic rings. The molecule has 1 amide bonds. The largest absolute Gasteiger partial charge is 0.392 e. The second kappa shape index (κ2) is 8.91. The zero-order valence-corrected chi connectivity index (χ0v) is 13.5. The summed E-state index contributed by atoms with van der Waals surface area (Å²) in [7, 11) is 0. The zero-order chi connectivity index (χ0) is 15.8. The molecule has 1 aromatic carbocycles. The summed E-state index contributed by atoms with van der Waals surface area (Å²) in [5.41, 5.74) is 1.11. The summed E-state index contributed by atoms with van der Waals surface area (Å²) in [6.45, 7) is 3.30. The first kappa shape index (κ1) is 17.0. The average Bonchev–Trinajstić information content (AvgIpc) is 2.54. The summed E-state index contributed by atoms with van der Waals surface area (Å²) in [4.78, 5) is 14.4. The van der Waals surface area contributed by atoms with Gasteiger partial charge in [-0.15, -0.1) is 0 Å². The number of rotatable bonds is 7. The molecule has 22 heavy (non-hydrogen) atoms. The fraction of sp³-hybridized carbons (Fsp3) is 0.611. The van der Waals surface area contributed by atoms with Gasteiger partial charge in [0.25, 0.3) is 0 Å². The second-order valence-corrected chi connectivity index (χ2v) is 6.33. The molecule has 1 atom stereocenters. The fourth-order valence-corrected chi connectivity index (χ4v) is 3.17. The molecule has 1 unspecified atom stereocenters. The Kier molecular flexibility index (Phi) is 6.87. The van der Waals surface area contributed by atoms with Crippen molar-refractivity contribution >= 4 is 5.91 Å². The SMILES string of the molecule is CC(O)CN(CC(=O)NCc1ccccc1)C1CCCCC1. The highest BCUT2D eigenvalue weighted by atomic mass is 16.3. The summed E-state index contributed by atoms with van der Waals surface area (Å²) in [6.07, 6.45) is 5.62. The highest BCUT2D eigenvalue weighted by molar-refractivity contribution is 5.78. The lowest BCUT2D eigenvalue weighted by Crippen LogP contribution is -2.46. The Hall–Kier alpha value is -1.39. The molecule has 1 aromatic rings. The van der Waals surface area contributed by atoms with Gasteiger partial charge in [0.05, 0.1) is 12.6 Å². The maximum absolute atomic E-state index is 12.2. The van der Waals surface area contributed by atoms with E-state index in [4.69, 9.17) is 0 Å². The van der Waals surface area contributed by atoms with Gasteiger partial charge in [0.1, 0.15) is 0 Å². The van der Waals surface area contributed by atoms with E-state index >= 15 is 0 Å². The van der Waals surface area contributed by atoms with Gasteiger partial charge < -0.3 is 10.4 Å². The molecule has 0 bridgehead atoms. The number of hydrogen-bond donors (Lipinski definition) is 2. The number of benzene rings is 1. The lowest BCUT2D eigenvalue weighted by atomic mass is 9.94. The summed E-state index contributed by atoms with van der Waals surface area (Å²) in [6, 6.07) is 10.4. The van der Waals surface area contributed by atoms with E-state index in [1.54, 1.807) is 6.92 Å². The monoisotopic (exact) mass is 304 g/mol. The number of aliphatic hydroxyl groups is 1. The molecule has 2 N–H and O–H groups in total. The van der Waals surface area contributed by atoms with Crippen molar-refractivity contribution in [1.82, 2.24) is 10.2 Å². The quantitative estimate of drug-likeness (QED) is 0.813. The fourth-order valence-electron chi connectivity index (χ4n) is 3.17. The molecule has 0 aliphatic heterocycles. The van der Waals surface area contributed by atoms with E-state index < -0.39 is 6.10 Å². The topological polar surface area (TPSA) is 52.6 Å². The number of carbonyl (C=O) groups excluding carboxylic acids is 1. The predicted molar refractivity (Wildman–Crippen MR) is 88.4 cm³/mol. The Bertz CT molecular complexity index is 442. The molecule has 0 saturated heterocycles. The molecule has 0 aromatic heterocycles. The number of carbonyl (C=O) groups is 1. The molecule has 1 aliphatic carbocycles. The van der Waals surface area contributed by atoms with Gasteiger partial charge in [-0.25, -0.2) is 0 Å². The van der Waals surface area contributed by atoms with E-state index in [1.165, 1.54) is 19.3 Å². The predicted octanol–water partition coefficient (Wildman–Crippen LogP) is 2.32. The lowest BCUT2D eigenvalue weighted by molar-refractivity contribution is -0.123. The van der Waals surface area contributed by atoms with Crippen molar-refractivity contribution in [3.8, 4) is 0 Å². The Labute approximate surface area is 133 Å². The van der Waals surface area contributed by atoms with Crippen molar-refractivity contribution < 1.29 is 9.90 Å². The van der Waals surface area contributed by atoms with Crippen LogP contribution in [0, 0.1) is 0 Å². The molecule has 0 spiro atoms. The van der Waals surface area contributed by atoms with Crippen molar-refractivity contribution in [3.05, 3.63) is 35.9 Å². The minimum atomic E-state index is -0.399.